The third-order valence-electron chi connectivity index (χ3n) is 4.21. The Morgan fingerprint density at radius 3 is 1.05 bits per heavy atom. The molecule has 37 heavy (non-hydrogen) atoms. The van der Waals surface area contributed by atoms with Crippen LogP contribution in [0.25, 0.3) is 21.5 Å². The molecule has 6 aromatic carbocycles. The van der Waals surface area contributed by atoms with Crippen LogP contribution in [0.5, 0.6) is 0 Å². The standard InChI is InChI=1S/2C9H7.2C5H5.C3H6.4ClH.2Zr/c2*1-2-5-9-7-3-6-8(9)4-1;2*1-2-4-5-3-1;1-3-2;;;;;;/h2*1-7H;2*1-5H;1-2H3;4*1H;;/q4*-1;;;;;;+2;+4/p-2. The molecule has 0 amide bonds. The van der Waals surface area contributed by atoms with Gasteiger partial charge in [0.25, 0.3) is 0 Å². The summed E-state index contributed by atoms with van der Waals surface area (Å²) in [4.78, 5) is 0. The Labute approximate surface area is 281 Å². The summed E-state index contributed by atoms with van der Waals surface area (Å²) < 4.78 is 1.51. The Morgan fingerprint density at radius 2 is 0.811 bits per heavy atom. The van der Waals surface area contributed by atoms with Gasteiger partial charge in [0.15, 0.2) is 0 Å². The van der Waals surface area contributed by atoms with E-state index >= 15 is 0 Å². The molecule has 0 nitrogen and oxygen atoms in total. The summed E-state index contributed by atoms with van der Waals surface area (Å²) >= 11 is 1.55. The Kier molecular flexibility index (Phi) is 32.9. The van der Waals surface area contributed by atoms with E-state index in [0.717, 1.165) is 0 Å². The van der Waals surface area contributed by atoms with Gasteiger partial charge in [-0.15, -0.1) is 84.1 Å². The minimum absolute atomic E-state index is 0. The van der Waals surface area contributed by atoms with E-state index in [2.05, 4.69) is 98.8 Å². The van der Waals surface area contributed by atoms with E-state index in [9.17, 15) is 0 Å². The summed E-state index contributed by atoms with van der Waals surface area (Å²) in [5, 5.41) is 5.32. The predicted octanol–water partition coefficient (Wildman–Crippen LogP) is 3.52. The fourth-order valence-electron chi connectivity index (χ4n) is 2.78. The second-order valence-electron chi connectivity index (χ2n) is 7.23. The van der Waals surface area contributed by atoms with Crippen molar-refractivity contribution in [2.75, 3.05) is 0 Å². The normalized spacial score (nSPS) is 7.89. The van der Waals surface area contributed by atoms with Crippen LogP contribution in [-0.4, -0.2) is 3.21 Å². The molecule has 0 heterocycles. The van der Waals surface area contributed by atoms with Gasteiger partial charge >= 0.3 is 67.5 Å². The number of hydrogen-bond donors (Lipinski definition) is 0. The molecule has 0 bridgehead atoms. The molecule has 0 saturated heterocycles. The molecule has 6 aromatic rings. The zero-order valence-electron chi connectivity index (χ0n) is 20.9. The van der Waals surface area contributed by atoms with Crippen LogP contribution >= 0.6 is 24.8 Å². The van der Waals surface area contributed by atoms with Gasteiger partial charge in [-0.25, -0.2) is 24.3 Å². The summed E-state index contributed by atoms with van der Waals surface area (Å²) in [6.45, 7) is 4.25. The molecule has 0 aliphatic heterocycles. The van der Waals surface area contributed by atoms with Crippen LogP contribution in [-0.2, 0) is 50.4 Å². The van der Waals surface area contributed by atoms with Gasteiger partial charge in [-0.05, 0) is 0 Å². The van der Waals surface area contributed by atoms with Crippen LogP contribution in [0.15, 0.2) is 146 Å². The topological polar surface area (TPSA) is 0 Å². The predicted molar refractivity (Wildman–Crippen MR) is 154 cm³/mol. The third kappa shape index (κ3) is 20.8. The van der Waals surface area contributed by atoms with Gasteiger partial charge in [0, 0.05) is 0 Å². The number of hydrogen-bond acceptors (Lipinski definition) is 0. The van der Waals surface area contributed by atoms with Crippen LogP contribution in [0, 0.1) is 0 Å². The minimum Gasteiger partial charge on any atom is -1.00 e. The average Bonchev–Trinajstić information content (AvgIpc) is 3.62. The first-order valence-corrected chi connectivity index (χ1v) is 12.0. The molecule has 0 aliphatic rings. The number of benzene rings is 2. The van der Waals surface area contributed by atoms with Crippen LogP contribution in [0.2, 0.25) is 0 Å². The largest absolute Gasteiger partial charge is 4.00 e. The van der Waals surface area contributed by atoms with Crippen molar-refractivity contribution < 1.29 is 75.3 Å². The summed E-state index contributed by atoms with van der Waals surface area (Å²) in [5.74, 6) is 0. The first-order valence-electron chi connectivity index (χ1n) is 10.7. The van der Waals surface area contributed by atoms with Crippen molar-refractivity contribution in [1.82, 2.24) is 0 Å². The molecule has 0 aromatic heterocycles. The summed E-state index contributed by atoms with van der Waals surface area (Å²) in [6, 6.07) is 49.3. The zero-order chi connectivity index (χ0) is 22.9. The number of halogens is 4. The first kappa shape index (κ1) is 43.2. The summed E-state index contributed by atoms with van der Waals surface area (Å²) in [7, 11) is 0. The average molecular weight is 729 g/mol. The van der Waals surface area contributed by atoms with E-state index < -0.39 is 0 Å². The molecule has 0 unspecified atom stereocenters. The van der Waals surface area contributed by atoms with Crippen molar-refractivity contribution in [3.8, 4) is 0 Å². The SMILES string of the molecule is C[C](C)=[Zr+2].Cl.Cl.[Cl-].[Cl-].[Zr+4].c1cc[cH-]c1.c1cc[cH-]c1.c1ccc2[cH-]ccc2c1.c1ccc2[cH-]ccc2c1. The molecule has 0 spiro atoms. The molecule has 0 saturated carbocycles. The Balaban J connectivity index is -0.000000184. The maximum absolute atomic E-state index is 2.12. The smallest absolute Gasteiger partial charge is 1.00 e. The maximum atomic E-state index is 2.12. The molecule has 0 N–H and O–H groups in total. The third-order valence-corrected chi connectivity index (χ3v) is 4.21. The van der Waals surface area contributed by atoms with Gasteiger partial charge in [-0.3, -0.25) is 0 Å². The second kappa shape index (κ2) is 28.2. The van der Waals surface area contributed by atoms with Crippen molar-refractivity contribution in [2.24, 2.45) is 0 Å². The van der Waals surface area contributed by atoms with Crippen LogP contribution < -0.4 is 24.8 Å². The zero-order valence-corrected chi connectivity index (χ0v) is 29.0. The van der Waals surface area contributed by atoms with Gasteiger partial charge in [0.1, 0.15) is 0 Å². The van der Waals surface area contributed by atoms with Gasteiger partial charge < -0.3 is 24.8 Å². The van der Waals surface area contributed by atoms with Crippen molar-refractivity contribution >= 4 is 49.6 Å². The molecule has 0 aliphatic carbocycles. The molecule has 0 atom stereocenters. The van der Waals surface area contributed by atoms with Crippen LogP contribution in [0.3, 0.4) is 0 Å². The van der Waals surface area contributed by atoms with Crippen molar-refractivity contribution in [3.63, 3.8) is 0 Å². The fraction of sp³-hybridized carbons (Fsp3) is 0.0645. The van der Waals surface area contributed by atoms with E-state index in [1.54, 1.807) is 24.2 Å². The van der Waals surface area contributed by atoms with Gasteiger partial charge in [-0.1, -0.05) is 12.1 Å². The summed E-state index contributed by atoms with van der Waals surface area (Å²) in [6.07, 6.45) is 0. The Bertz CT molecular complexity index is 1030. The van der Waals surface area contributed by atoms with E-state index in [1.807, 2.05) is 60.7 Å². The molecule has 0 fully saturated rings. The number of fused-ring (bicyclic) bond motifs is 2. The maximum Gasteiger partial charge on any atom is 4.00 e. The van der Waals surface area contributed by atoms with Crippen molar-refractivity contribution in [1.29, 1.82) is 0 Å². The molecular formula is C31H32Cl4Zr2. The van der Waals surface area contributed by atoms with Crippen LogP contribution in [0.4, 0.5) is 0 Å². The minimum atomic E-state index is 0. The van der Waals surface area contributed by atoms with E-state index in [4.69, 9.17) is 0 Å². The second-order valence-corrected chi connectivity index (χ2v) is 9.69. The summed E-state index contributed by atoms with van der Waals surface area (Å²) in [5.41, 5.74) is 0. The van der Waals surface area contributed by atoms with Crippen molar-refractivity contribution in [2.45, 2.75) is 13.8 Å². The Hall–Kier alpha value is -0.844. The molecule has 192 valence electrons. The first-order chi connectivity index (χ1) is 15.7. The molecule has 0 radical (unpaired) electrons. The van der Waals surface area contributed by atoms with E-state index in [1.165, 1.54) is 24.8 Å². The van der Waals surface area contributed by atoms with Gasteiger partial charge in [0.2, 0.25) is 0 Å². The van der Waals surface area contributed by atoms with Gasteiger partial charge in [0.05, 0.1) is 0 Å². The monoisotopic (exact) mass is 724 g/mol. The molecule has 6 rings (SSSR count). The Morgan fingerprint density at radius 1 is 0.514 bits per heavy atom. The quantitative estimate of drug-likeness (QED) is 0.210. The number of rotatable bonds is 0. The van der Waals surface area contributed by atoms with Crippen molar-refractivity contribution in [3.05, 3.63) is 146 Å². The molecule has 6 heteroatoms. The van der Waals surface area contributed by atoms with E-state index in [-0.39, 0.29) is 75.8 Å². The van der Waals surface area contributed by atoms with E-state index in [0.29, 0.717) is 0 Å². The van der Waals surface area contributed by atoms with Crippen LogP contribution in [0.1, 0.15) is 13.8 Å². The van der Waals surface area contributed by atoms with Gasteiger partial charge in [-0.2, -0.15) is 71.4 Å². The molecular weight excluding hydrogens is 697 g/mol. The fourth-order valence-corrected chi connectivity index (χ4v) is 2.78.